The summed E-state index contributed by atoms with van der Waals surface area (Å²) in [6.07, 6.45) is 0.924. The predicted octanol–water partition coefficient (Wildman–Crippen LogP) is 1.38. The number of nitrogens with zero attached hydrogens (tertiary/aromatic N) is 3. The van der Waals surface area contributed by atoms with E-state index in [-0.39, 0.29) is 5.91 Å². The minimum atomic E-state index is 0.121. The van der Waals surface area contributed by atoms with E-state index >= 15 is 0 Å². The summed E-state index contributed by atoms with van der Waals surface area (Å²) in [5.74, 6) is 0.904. The van der Waals surface area contributed by atoms with Crippen LogP contribution in [0.3, 0.4) is 0 Å². The van der Waals surface area contributed by atoms with Crippen molar-refractivity contribution in [2.45, 2.75) is 13.3 Å². The van der Waals surface area contributed by atoms with Crippen LogP contribution in [-0.2, 0) is 4.79 Å². The quantitative estimate of drug-likeness (QED) is 0.782. The Morgan fingerprint density at radius 1 is 1.33 bits per heavy atom. The number of carbonyl (C=O) groups is 1. The zero-order valence-electron chi connectivity index (χ0n) is 10.4. The highest BCUT2D eigenvalue weighted by molar-refractivity contribution is 6.29. The predicted molar refractivity (Wildman–Crippen MR) is 72.7 cm³/mol. The van der Waals surface area contributed by atoms with Gasteiger partial charge < -0.3 is 15.5 Å². The number of hydrogen-bond acceptors (Lipinski definition) is 4. The average Bonchev–Trinajstić information content (AvgIpc) is 2.52. The number of hydrogen-bond donors (Lipinski definition) is 1. The lowest BCUT2D eigenvalue weighted by Gasteiger charge is -2.22. The van der Waals surface area contributed by atoms with Gasteiger partial charge in [0.25, 0.3) is 0 Å². The van der Waals surface area contributed by atoms with Gasteiger partial charge in [0.15, 0.2) is 0 Å². The molecule has 5 nitrogen and oxygen atoms in total. The molecular formula is C12H17ClN4O. The molecular weight excluding hydrogens is 252 g/mol. The molecule has 98 valence electrons. The molecule has 1 aliphatic heterocycles. The van der Waals surface area contributed by atoms with Gasteiger partial charge in [0, 0.05) is 44.9 Å². The maximum absolute atomic E-state index is 11.4. The highest BCUT2D eigenvalue weighted by Gasteiger charge is 2.17. The summed E-state index contributed by atoms with van der Waals surface area (Å²) in [7, 11) is 0. The molecule has 2 rings (SSSR count). The Balaban J connectivity index is 2.12. The Kier molecular flexibility index (Phi) is 3.91. The average molecular weight is 269 g/mol. The second-order valence-corrected chi connectivity index (χ2v) is 4.82. The van der Waals surface area contributed by atoms with Crippen molar-refractivity contribution < 1.29 is 4.79 Å². The fourth-order valence-corrected chi connectivity index (χ4v) is 2.34. The van der Waals surface area contributed by atoms with Gasteiger partial charge >= 0.3 is 0 Å². The highest BCUT2D eigenvalue weighted by Crippen LogP contribution is 2.20. The molecule has 1 aromatic heterocycles. The van der Waals surface area contributed by atoms with Gasteiger partial charge in [0.05, 0.1) is 0 Å². The number of carbonyl (C=O) groups excluding carboxylic acids is 1. The van der Waals surface area contributed by atoms with E-state index in [0.29, 0.717) is 17.4 Å². The number of aromatic nitrogens is 1. The number of nitrogens with two attached hydrogens (primary N) is 1. The number of amides is 1. The first-order chi connectivity index (χ1) is 8.56. The van der Waals surface area contributed by atoms with Gasteiger partial charge in [-0.05, 0) is 12.5 Å². The van der Waals surface area contributed by atoms with Crippen LogP contribution in [0.2, 0.25) is 5.15 Å². The van der Waals surface area contributed by atoms with Crippen LogP contribution in [0.25, 0.3) is 0 Å². The second kappa shape index (κ2) is 5.44. The second-order valence-electron chi connectivity index (χ2n) is 4.43. The lowest BCUT2D eigenvalue weighted by atomic mass is 10.3. The first-order valence-corrected chi connectivity index (χ1v) is 6.37. The summed E-state index contributed by atoms with van der Waals surface area (Å²) in [6.45, 7) is 4.72. The van der Waals surface area contributed by atoms with Crippen molar-refractivity contribution in [3.63, 3.8) is 0 Å². The maximum Gasteiger partial charge on any atom is 0.219 e. The molecule has 0 bridgehead atoms. The van der Waals surface area contributed by atoms with Crippen molar-refractivity contribution in [3.8, 4) is 0 Å². The molecule has 2 heterocycles. The Bertz CT molecular complexity index is 431. The SMILES string of the molecule is CC(=O)N1CCCN(c2cc(N)cc(Cl)n2)CC1. The largest absolute Gasteiger partial charge is 0.399 e. The number of anilines is 2. The minimum absolute atomic E-state index is 0.121. The van der Waals surface area contributed by atoms with Crippen LogP contribution in [-0.4, -0.2) is 42.0 Å². The molecule has 1 aromatic rings. The molecule has 18 heavy (non-hydrogen) atoms. The van der Waals surface area contributed by atoms with Gasteiger partial charge in [-0.3, -0.25) is 4.79 Å². The molecule has 0 unspecified atom stereocenters. The van der Waals surface area contributed by atoms with Crippen LogP contribution in [0.1, 0.15) is 13.3 Å². The Morgan fingerprint density at radius 3 is 2.78 bits per heavy atom. The summed E-state index contributed by atoms with van der Waals surface area (Å²) in [4.78, 5) is 19.6. The molecule has 1 aliphatic rings. The zero-order valence-corrected chi connectivity index (χ0v) is 11.2. The molecule has 0 radical (unpaired) electrons. The van der Waals surface area contributed by atoms with Crippen molar-refractivity contribution in [2.24, 2.45) is 0 Å². The van der Waals surface area contributed by atoms with E-state index in [1.54, 1.807) is 13.0 Å². The maximum atomic E-state index is 11.4. The Labute approximate surface area is 112 Å². The van der Waals surface area contributed by atoms with Crippen molar-refractivity contribution in [2.75, 3.05) is 36.8 Å². The van der Waals surface area contributed by atoms with Gasteiger partial charge in [-0.2, -0.15) is 0 Å². The Morgan fingerprint density at radius 2 is 2.11 bits per heavy atom. The van der Waals surface area contributed by atoms with Crippen molar-refractivity contribution >= 4 is 29.0 Å². The normalized spacial score (nSPS) is 16.6. The molecule has 1 saturated heterocycles. The van der Waals surface area contributed by atoms with Gasteiger partial charge in [-0.1, -0.05) is 11.6 Å². The first kappa shape index (κ1) is 13.0. The number of rotatable bonds is 1. The summed E-state index contributed by atoms with van der Waals surface area (Å²) >= 11 is 5.91. The summed E-state index contributed by atoms with van der Waals surface area (Å²) in [6, 6.07) is 3.44. The molecule has 1 fully saturated rings. The zero-order chi connectivity index (χ0) is 13.1. The summed E-state index contributed by atoms with van der Waals surface area (Å²) in [5.41, 5.74) is 6.37. The van der Waals surface area contributed by atoms with E-state index in [2.05, 4.69) is 9.88 Å². The Hall–Kier alpha value is -1.49. The summed E-state index contributed by atoms with van der Waals surface area (Å²) < 4.78 is 0. The molecule has 2 N–H and O–H groups in total. The molecule has 0 saturated carbocycles. The third-order valence-electron chi connectivity index (χ3n) is 3.07. The molecule has 0 atom stereocenters. The third-order valence-corrected chi connectivity index (χ3v) is 3.26. The monoisotopic (exact) mass is 268 g/mol. The summed E-state index contributed by atoms with van der Waals surface area (Å²) in [5, 5.41) is 0.401. The van der Waals surface area contributed by atoms with Gasteiger partial charge in [0.2, 0.25) is 5.91 Å². The molecule has 0 spiro atoms. The van der Waals surface area contributed by atoms with Gasteiger partial charge in [0.1, 0.15) is 11.0 Å². The van der Waals surface area contributed by atoms with E-state index < -0.39 is 0 Å². The van der Waals surface area contributed by atoms with E-state index in [4.69, 9.17) is 17.3 Å². The van der Waals surface area contributed by atoms with Crippen LogP contribution in [0.5, 0.6) is 0 Å². The standard InChI is InChI=1S/C12H17ClN4O/c1-9(18)16-3-2-4-17(6-5-16)12-8-10(14)7-11(13)15-12/h7-8H,2-6H2,1H3,(H2,14,15). The highest BCUT2D eigenvalue weighted by atomic mass is 35.5. The lowest BCUT2D eigenvalue weighted by Crippen LogP contribution is -2.33. The van der Waals surface area contributed by atoms with E-state index in [9.17, 15) is 4.79 Å². The smallest absolute Gasteiger partial charge is 0.219 e. The molecule has 0 aromatic carbocycles. The van der Waals surface area contributed by atoms with Crippen molar-refractivity contribution in [1.82, 2.24) is 9.88 Å². The van der Waals surface area contributed by atoms with Crippen LogP contribution in [0, 0.1) is 0 Å². The van der Waals surface area contributed by atoms with Crippen molar-refractivity contribution in [3.05, 3.63) is 17.3 Å². The fraction of sp³-hybridized carbons (Fsp3) is 0.500. The van der Waals surface area contributed by atoms with Crippen LogP contribution in [0.15, 0.2) is 12.1 Å². The van der Waals surface area contributed by atoms with Crippen LogP contribution < -0.4 is 10.6 Å². The first-order valence-electron chi connectivity index (χ1n) is 6.00. The molecule has 6 heteroatoms. The molecule has 1 amide bonds. The molecule has 0 aliphatic carbocycles. The van der Waals surface area contributed by atoms with Gasteiger partial charge in [-0.15, -0.1) is 0 Å². The fourth-order valence-electron chi connectivity index (χ4n) is 2.13. The number of nitrogen functional groups attached to an aromatic ring is 1. The van der Waals surface area contributed by atoms with Gasteiger partial charge in [-0.25, -0.2) is 4.98 Å². The topological polar surface area (TPSA) is 62.5 Å². The lowest BCUT2D eigenvalue weighted by molar-refractivity contribution is -0.128. The number of halogens is 1. The van der Waals surface area contributed by atoms with Crippen molar-refractivity contribution in [1.29, 1.82) is 0 Å². The minimum Gasteiger partial charge on any atom is -0.399 e. The van der Waals surface area contributed by atoms with Crippen LogP contribution in [0.4, 0.5) is 11.5 Å². The van der Waals surface area contributed by atoms with E-state index in [1.807, 2.05) is 11.0 Å². The van der Waals surface area contributed by atoms with E-state index in [1.165, 1.54) is 0 Å². The van der Waals surface area contributed by atoms with E-state index in [0.717, 1.165) is 31.9 Å². The number of pyridine rings is 1. The third kappa shape index (κ3) is 3.04. The van der Waals surface area contributed by atoms with Crippen LogP contribution >= 0.6 is 11.6 Å².